The van der Waals surface area contributed by atoms with E-state index in [9.17, 15) is 9.90 Å². The maximum Gasteiger partial charge on any atom is 0.293 e. The number of halogens is 1. The Kier molecular flexibility index (Phi) is 4.78. The molecule has 2 N–H and O–H groups in total. The summed E-state index contributed by atoms with van der Waals surface area (Å²) >= 11 is 3.31. The number of rotatable bonds is 2. The average molecular weight is 287 g/mol. The van der Waals surface area contributed by atoms with E-state index < -0.39 is 0 Å². The molecule has 1 heterocycles. The number of carbonyl (C=O) groups excluding carboxylic acids is 1. The molecule has 86 valence electrons. The summed E-state index contributed by atoms with van der Waals surface area (Å²) in [5.74, 6) is 0.0347. The zero-order chi connectivity index (χ0) is 12.0. The van der Waals surface area contributed by atoms with Gasteiger partial charge < -0.3 is 9.84 Å². The summed E-state index contributed by atoms with van der Waals surface area (Å²) in [5.41, 5.74) is 0.830. The van der Waals surface area contributed by atoms with Crippen LogP contribution in [0.3, 0.4) is 0 Å². The van der Waals surface area contributed by atoms with Crippen LogP contribution in [0.1, 0.15) is 6.92 Å². The molecule has 0 bridgehead atoms. The Bertz CT molecular complexity index is 470. The van der Waals surface area contributed by atoms with E-state index in [2.05, 4.69) is 30.9 Å². The second-order valence-electron chi connectivity index (χ2n) is 2.76. The number of nitrogens with one attached hydrogen (secondary N) is 1. The molecule has 1 aromatic carbocycles. The summed E-state index contributed by atoms with van der Waals surface area (Å²) in [6.45, 7) is 2.66. The third-order valence-corrected chi connectivity index (χ3v) is 2.42. The van der Waals surface area contributed by atoms with Crippen molar-refractivity contribution in [3.05, 3.63) is 22.7 Å². The molecule has 0 radical (unpaired) electrons. The molecular weight excluding hydrogens is 276 g/mol. The fourth-order valence-electron chi connectivity index (χ4n) is 1.08. The predicted octanol–water partition coefficient (Wildman–Crippen LogP) is 2.21. The number of carbonyl (C=O) groups is 1. The summed E-state index contributed by atoms with van der Waals surface area (Å²) < 4.78 is 5.00. The lowest BCUT2D eigenvalue weighted by atomic mass is 10.2. The minimum atomic E-state index is 0.0347. The Morgan fingerprint density at radius 1 is 1.62 bits per heavy atom. The first-order valence-corrected chi connectivity index (χ1v) is 5.36. The highest BCUT2D eigenvalue weighted by molar-refractivity contribution is 9.10. The van der Waals surface area contributed by atoms with Crippen LogP contribution >= 0.6 is 15.9 Å². The summed E-state index contributed by atoms with van der Waals surface area (Å²) in [6.07, 6.45) is 0. The van der Waals surface area contributed by atoms with Gasteiger partial charge in [-0.2, -0.15) is 0 Å². The van der Waals surface area contributed by atoms with E-state index in [0.29, 0.717) is 13.1 Å². The monoisotopic (exact) mass is 286 g/mol. The van der Waals surface area contributed by atoms with E-state index >= 15 is 0 Å². The number of aromatic amines is 1. The molecule has 0 spiro atoms. The van der Waals surface area contributed by atoms with Crippen LogP contribution in [0.15, 0.2) is 22.7 Å². The van der Waals surface area contributed by atoms with E-state index in [1.165, 1.54) is 0 Å². The van der Waals surface area contributed by atoms with Crippen molar-refractivity contribution in [3.8, 4) is 5.88 Å². The molecule has 0 saturated carbocycles. The van der Waals surface area contributed by atoms with Gasteiger partial charge >= 0.3 is 0 Å². The molecular formula is C10H11BrN2O3. The Hall–Kier alpha value is -1.56. The maximum atomic E-state index is 9.22. The molecule has 0 atom stereocenters. The number of aromatic nitrogens is 2. The molecule has 0 aliphatic carbocycles. The van der Waals surface area contributed by atoms with E-state index in [0.717, 1.165) is 15.4 Å². The molecule has 1 aromatic heterocycles. The van der Waals surface area contributed by atoms with Gasteiger partial charge in [0, 0.05) is 4.47 Å². The van der Waals surface area contributed by atoms with Crippen LogP contribution in [-0.4, -0.2) is 28.4 Å². The third kappa shape index (κ3) is 2.96. The Morgan fingerprint density at radius 2 is 2.38 bits per heavy atom. The normalized spacial score (nSPS) is 9.38. The zero-order valence-corrected chi connectivity index (χ0v) is 10.2. The molecule has 2 aromatic rings. The first-order valence-electron chi connectivity index (χ1n) is 4.57. The average Bonchev–Trinajstić information content (AvgIpc) is 2.64. The highest BCUT2D eigenvalue weighted by Gasteiger charge is 2.05. The van der Waals surface area contributed by atoms with Gasteiger partial charge in [0.05, 0.1) is 17.5 Å². The van der Waals surface area contributed by atoms with Gasteiger partial charge in [-0.25, -0.2) is 0 Å². The van der Waals surface area contributed by atoms with Crippen molar-refractivity contribution in [3.63, 3.8) is 0 Å². The third-order valence-electron chi connectivity index (χ3n) is 1.75. The summed E-state index contributed by atoms with van der Waals surface area (Å²) in [7, 11) is 0. The Labute approximate surface area is 101 Å². The molecule has 16 heavy (non-hydrogen) atoms. The molecule has 0 aliphatic heterocycles. The van der Waals surface area contributed by atoms with Gasteiger partial charge in [-0.1, -0.05) is 6.07 Å². The number of nitrogens with zero attached hydrogens (tertiary/aromatic N) is 1. The molecule has 2 rings (SSSR count). The zero-order valence-electron chi connectivity index (χ0n) is 8.61. The van der Waals surface area contributed by atoms with Gasteiger partial charge in [0.2, 0.25) is 5.88 Å². The highest BCUT2D eigenvalue weighted by atomic mass is 79.9. The van der Waals surface area contributed by atoms with Crippen molar-refractivity contribution in [2.24, 2.45) is 0 Å². The number of H-pyrrole nitrogens is 1. The van der Waals surface area contributed by atoms with E-state index in [-0.39, 0.29) is 5.88 Å². The molecule has 5 nitrogen and oxygen atoms in total. The second-order valence-corrected chi connectivity index (χ2v) is 3.62. The number of ether oxygens (including phenoxy) is 1. The first kappa shape index (κ1) is 12.5. The number of hydrogen-bond acceptors (Lipinski definition) is 4. The fraction of sp³-hybridized carbons (Fsp3) is 0.200. The van der Waals surface area contributed by atoms with Gasteiger partial charge in [-0.3, -0.25) is 9.89 Å². The fourth-order valence-corrected chi connectivity index (χ4v) is 1.63. The molecule has 0 amide bonds. The minimum Gasteiger partial charge on any atom is -0.492 e. The quantitative estimate of drug-likeness (QED) is 0.830. The molecule has 0 unspecified atom stereocenters. The molecule has 0 saturated heterocycles. The van der Waals surface area contributed by atoms with Crippen LogP contribution in [0, 0.1) is 0 Å². The summed E-state index contributed by atoms with van der Waals surface area (Å²) in [6, 6.07) is 5.59. The van der Waals surface area contributed by atoms with Crippen LogP contribution < -0.4 is 0 Å². The summed E-state index contributed by atoms with van der Waals surface area (Å²) in [4.78, 5) is 9.18. The van der Waals surface area contributed by atoms with Crippen LogP contribution in [0.4, 0.5) is 0 Å². The van der Waals surface area contributed by atoms with Crippen molar-refractivity contribution in [2.75, 3.05) is 6.61 Å². The van der Waals surface area contributed by atoms with Gasteiger partial charge in [0.25, 0.3) is 6.47 Å². The Morgan fingerprint density at radius 3 is 2.88 bits per heavy atom. The number of benzene rings is 1. The van der Waals surface area contributed by atoms with Gasteiger partial charge in [0.1, 0.15) is 0 Å². The van der Waals surface area contributed by atoms with Crippen molar-refractivity contribution in [2.45, 2.75) is 6.92 Å². The molecule has 0 fully saturated rings. The second kappa shape index (κ2) is 6.12. The number of fused-ring (bicyclic) bond motifs is 1. The van der Waals surface area contributed by atoms with Gasteiger partial charge in [0.15, 0.2) is 0 Å². The first-order chi connectivity index (χ1) is 7.70. The minimum absolute atomic E-state index is 0.0347. The Balaban J connectivity index is 0.000000221. The van der Waals surface area contributed by atoms with Crippen LogP contribution in [-0.2, 0) is 9.53 Å². The van der Waals surface area contributed by atoms with Crippen LogP contribution in [0.5, 0.6) is 5.88 Å². The lowest BCUT2D eigenvalue weighted by Gasteiger charge is -1.90. The molecule has 6 heteroatoms. The van der Waals surface area contributed by atoms with Crippen LogP contribution in [0.25, 0.3) is 10.9 Å². The van der Waals surface area contributed by atoms with Gasteiger partial charge in [-0.05, 0) is 35.0 Å². The lowest BCUT2D eigenvalue weighted by Crippen LogP contribution is -1.80. The van der Waals surface area contributed by atoms with E-state index in [1.54, 1.807) is 6.92 Å². The van der Waals surface area contributed by atoms with Crippen molar-refractivity contribution in [1.29, 1.82) is 0 Å². The van der Waals surface area contributed by atoms with E-state index in [4.69, 9.17) is 0 Å². The van der Waals surface area contributed by atoms with Crippen molar-refractivity contribution in [1.82, 2.24) is 10.2 Å². The van der Waals surface area contributed by atoms with Crippen LogP contribution in [0.2, 0.25) is 0 Å². The molecule has 0 aliphatic rings. The largest absolute Gasteiger partial charge is 0.492 e. The lowest BCUT2D eigenvalue weighted by molar-refractivity contribution is -0.128. The maximum absolute atomic E-state index is 9.22. The summed E-state index contributed by atoms with van der Waals surface area (Å²) in [5, 5.41) is 16.3. The van der Waals surface area contributed by atoms with Gasteiger partial charge in [-0.15, -0.1) is 5.10 Å². The SMILES string of the molecule is CCOC=O.Oc1n[nH]c2cccc(Br)c12. The number of aromatic hydroxyl groups is 1. The van der Waals surface area contributed by atoms with Crippen molar-refractivity contribution < 1.29 is 14.6 Å². The standard InChI is InChI=1S/C7H5BrN2O.C3H6O2/c8-4-2-1-3-5-6(4)7(11)10-9-5;1-2-5-3-4/h1-3H,(H2,9,10,11);3H,2H2,1H3. The smallest absolute Gasteiger partial charge is 0.293 e. The topological polar surface area (TPSA) is 75.2 Å². The highest BCUT2D eigenvalue weighted by Crippen LogP contribution is 2.28. The van der Waals surface area contributed by atoms with Crippen molar-refractivity contribution >= 4 is 33.3 Å². The predicted molar refractivity (Wildman–Crippen MR) is 63.1 cm³/mol. The van der Waals surface area contributed by atoms with E-state index in [1.807, 2.05) is 18.2 Å². The number of hydrogen-bond donors (Lipinski definition) is 2.